The first-order chi connectivity index (χ1) is 8.20. The lowest BCUT2D eigenvalue weighted by Gasteiger charge is -2.30. The van der Waals surface area contributed by atoms with Crippen molar-refractivity contribution in [3.05, 3.63) is 36.0 Å². The third-order valence-electron chi connectivity index (χ3n) is 2.88. The van der Waals surface area contributed by atoms with E-state index in [-0.39, 0.29) is 0 Å². The molecule has 0 aliphatic heterocycles. The smallest absolute Gasteiger partial charge is 0.0108 e. The van der Waals surface area contributed by atoms with Crippen LogP contribution in [0.1, 0.15) is 54.4 Å². The summed E-state index contributed by atoms with van der Waals surface area (Å²) in [6.07, 6.45) is 8.34. The number of rotatable bonds is 1. The van der Waals surface area contributed by atoms with Gasteiger partial charge in [0.25, 0.3) is 0 Å². The molecule has 0 bridgehead atoms. The highest BCUT2D eigenvalue weighted by Crippen LogP contribution is 2.32. The summed E-state index contributed by atoms with van der Waals surface area (Å²) in [4.78, 5) is 0. The molecule has 2 unspecified atom stereocenters. The standard InChI is InChI=1S/C12H19N.2C2H6/c1-4-6-10-7-8-12(13)9(3)11(10)5-2;2*1-2/h4-6,9,12H,1,7-8,13H2,2-3H3;2*1-2H3/b10-6-,11-5-;;. The second kappa shape index (κ2) is 11.7. The van der Waals surface area contributed by atoms with E-state index in [1.807, 2.05) is 33.8 Å². The van der Waals surface area contributed by atoms with E-state index in [2.05, 4.69) is 32.6 Å². The predicted molar refractivity (Wildman–Crippen MR) is 81.1 cm³/mol. The van der Waals surface area contributed by atoms with Crippen LogP contribution >= 0.6 is 0 Å². The SMILES string of the molecule is C=C/C=C1/CCC(N)C(C)/C1=C/C.CC.CC. The van der Waals surface area contributed by atoms with Crippen molar-refractivity contribution < 1.29 is 0 Å². The summed E-state index contributed by atoms with van der Waals surface area (Å²) in [6, 6.07) is 0.327. The monoisotopic (exact) mass is 237 g/mol. The third kappa shape index (κ3) is 5.88. The molecule has 1 rings (SSSR count). The maximum atomic E-state index is 6.01. The zero-order chi connectivity index (χ0) is 13.8. The van der Waals surface area contributed by atoms with Gasteiger partial charge in [0.1, 0.15) is 0 Å². The Balaban J connectivity index is 0. The van der Waals surface area contributed by atoms with Crippen molar-refractivity contribution in [3.8, 4) is 0 Å². The quantitative estimate of drug-likeness (QED) is 0.693. The largest absolute Gasteiger partial charge is 0.327 e. The fourth-order valence-electron chi connectivity index (χ4n) is 2.01. The van der Waals surface area contributed by atoms with E-state index in [0.29, 0.717) is 12.0 Å². The molecule has 0 aromatic carbocycles. The van der Waals surface area contributed by atoms with Gasteiger partial charge in [0, 0.05) is 6.04 Å². The maximum absolute atomic E-state index is 6.01. The Morgan fingerprint density at radius 1 is 1.24 bits per heavy atom. The normalized spacial score (nSPS) is 27.7. The first-order valence-electron chi connectivity index (χ1n) is 6.94. The van der Waals surface area contributed by atoms with E-state index < -0.39 is 0 Å². The van der Waals surface area contributed by atoms with Crippen LogP contribution in [0.2, 0.25) is 0 Å². The Labute approximate surface area is 108 Å². The van der Waals surface area contributed by atoms with E-state index in [1.165, 1.54) is 11.1 Å². The van der Waals surface area contributed by atoms with Gasteiger partial charge < -0.3 is 5.73 Å². The van der Waals surface area contributed by atoms with Crippen LogP contribution in [0.15, 0.2) is 36.0 Å². The van der Waals surface area contributed by atoms with Crippen LogP contribution in [0, 0.1) is 5.92 Å². The van der Waals surface area contributed by atoms with Gasteiger partial charge in [-0.15, -0.1) is 0 Å². The number of hydrogen-bond donors (Lipinski definition) is 1. The molecule has 0 heterocycles. The van der Waals surface area contributed by atoms with Crippen molar-refractivity contribution in [3.63, 3.8) is 0 Å². The van der Waals surface area contributed by atoms with Gasteiger partial charge >= 0.3 is 0 Å². The van der Waals surface area contributed by atoms with Crippen LogP contribution in [0.4, 0.5) is 0 Å². The first-order valence-corrected chi connectivity index (χ1v) is 6.94. The fraction of sp³-hybridized carbons (Fsp3) is 0.625. The molecule has 1 aliphatic carbocycles. The lowest BCUT2D eigenvalue weighted by Crippen LogP contribution is -2.33. The van der Waals surface area contributed by atoms with Gasteiger partial charge in [0.2, 0.25) is 0 Å². The zero-order valence-corrected chi connectivity index (χ0v) is 12.6. The molecular weight excluding hydrogens is 206 g/mol. The lowest BCUT2D eigenvalue weighted by atomic mass is 9.78. The first kappa shape index (κ1) is 18.5. The molecule has 2 atom stereocenters. The zero-order valence-electron chi connectivity index (χ0n) is 12.6. The van der Waals surface area contributed by atoms with Crippen molar-refractivity contribution in [1.29, 1.82) is 0 Å². The summed E-state index contributed by atoms with van der Waals surface area (Å²) in [5, 5.41) is 0. The number of allylic oxidation sites excluding steroid dienone is 4. The molecule has 0 radical (unpaired) electrons. The van der Waals surface area contributed by atoms with Crippen LogP contribution in [0.25, 0.3) is 0 Å². The highest BCUT2D eigenvalue weighted by molar-refractivity contribution is 5.37. The number of hydrogen-bond acceptors (Lipinski definition) is 1. The van der Waals surface area contributed by atoms with Crippen LogP contribution < -0.4 is 5.73 Å². The topological polar surface area (TPSA) is 26.0 Å². The van der Waals surface area contributed by atoms with E-state index in [1.54, 1.807) is 0 Å². The van der Waals surface area contributed by atoms with Crippen LogP contribution in [-0.2, 0) is 0 Å². The minimum Gasteiger partial charge on any atom is -0.327 e. The Hall–Kier alpha value is -0.820. The molecule has 0 spiro atoms. The van der Waals surface area contributed by atoms with Gasteiger partial charge in [-0.3, -0.25) is 0 Å². The molecule has 0 aromatic heterocycles. The Morgan fingerprint density at radius 3 is 2.18 bits per heavy atom. The fourth-order valence-corrected chi connectivity index (χ4v) is 2.01. The van der Waals surface area contributed by atoms with Crippen molar-refractivity contribution in [2.75, 3.05) is 0 Å². The summed E-state index contributed by atoms with van der Waals surface area (Å²) in [7, 11) is 0. The molecule has 100 valence electrons. The number of nitrogens with two attached hydrogens (primary N) is 1. The Bertz CT molecular complexity index is 248. The molecular formula is C16H31N. The maximum Gasteiger partial charge on any atom is 0.0108 e. The third-order valence-corrected chi connectivity index (χ3v) is 2.88. The minimum atomic E-state index is 0.327. The molecule has 1 fully saturated rings. The second-order valence-corrected chi connectivity index (χ2v) is 3.66. The summed E-state index contributed by atoms with van der Waals surface area (Å²) in [6.45, 7) is 16.0. The van der Waals surface area contributed by atoms with Crippen LogP contribution in [-0.4, -0.2) is 6.04 Å². The summed E-state index contributed by atoms with van der Waals surface area (Å²) in [5.41, 5.74) is 8.82. The summed E-state index contributed by atoms with van der Waals surface area (Å²) >= 11 is 0. The molecule has 1 heteroatoms. The van der Waals surface area contributed by atoms with Gasteiger partial charge in [0.15, 0.2) is 0 Å². The van der Waals surface area contributed by atoms with E-state index in [0.717, 1.165) is 12.8 Å². The predicted octanol–water partition coefficient (Wildman–Crippen LogP) is 4.85. The molecule has 0 amide bonds. The summed E-state index contributed by atoms with van der Waals surface area (Å²) in [5.74, 6) is 0.491. The minimum absolute atomic E-state index is 0.327. The molecule has 0 saturated heterocycles. The van der Waals surface area contributed by atoms with Crippen molar-refractivity contribution in [2.45, 2.75) is 60.4 Å². The molecule has 17 heavy (non-hydrogen) atoms. The lowest BCUT2D eigenvalue weighted by molar-refractivity contribution is 0.453. The van der Waals surface area contributed by atoms with E-state index in [9.17, 15) is 0 Å². The molecule has 1 nitrogen and oxygen atoms in total. The van der Waals surface area contributed by atoms with Gasteiger partial charge in [0.05, 0.1) is 0 Å². The van der Waals surface area contributed by atoms with Gasteiger partial charge in [-0.25, -0.2) is 0 Å². The molecule has 2 N–H and O–H groups in total. The van der Waals surface area contributed by atoms with Crippen LogP contribution in [0.3, 0.4) is 0 Å². The van der Waals surface area contributed by atoms with E-state index >= 15 is 0 Å². The van der Waals surface area contributed by atoms with Gasteiger partial charge in [-0.1, -0.05) is 59.4 Å². The molecule has 1 aliphatic rings. The van der Waals surface area contributed by atoms with Crippen molar-refractivity contribution in [2.24, 2.45) is 11.7 Å². The molecule has 0 aromatic rings. The highest BCUT2D eigenvalue weighted by atomic mass is 14.7. The average molecular weight is 237 g/mol. The van der Waals surface area contributed by atoms with Gasteiger partial charge in [-0.2, -0.15) is 0 Å². The summed E-state index contributed by atoms with van der Waals surface area (Å²) < 4.78 is 0. The molecule has 1 saturated carbocycles. The Kier molecular flexibility index (Phi) is 12.7. The van der Waals surface area contributed by atoms with Gasteiger partial charge in [-0.05, 0) is 36.8 Å². The van der Waals surface area contributed by atoms with E-state index in [4.69, 9.17) is 5.73 Å². The highest BCUT2D eigenvalue weighted by Gasteiger charge is 2.24. The van der Waals surface area contributed by atoms with Crippen molar-refractivity contribution in [1.82, 2.24) is 0 Å². The average Bonchev–Trinajstić information content (AvgIpc) is 2.39. The van der Waals surface area contributed by atoms with Crippen LogP contribution in [0.5, 0.6) is 0 Å². The van der Waals surface area contributed by atoms with Crippen molar-refractivity contribution >= 4 is 0 Å². The second-order valence-electron chi connectivity index (χ2n) is 3.66. The Morgan fingerprint density at radius 2 is 1.76 bits per heavy atom.